The fourth-order valence-corrected chi connectivity index (χ4v) is 4.69. The second kappa shape index (κ2) is 2.87. The van der Waals surface area contributed by atoms with Gasteiger partial charge in [-0.2, -0.15) is 0 Å². The molecule has 4 aliphatic carbocycles. The van der Waals surface area contributed by atoms with Gasteiger partial charge in [0, 0.05) is 4.87 Å². The van der Waals surface area contributed by atoms with Gasteiger partial charge in [-0.25, -0.2) is 0 Å². The number of rotatable bonds is 0. The van der Waals surface area contributed by atoms with Crippen molar-refractivity contribution in [3.8, 4) is 0 Å². The van der Waals surface area contributed by atoms with Gasteiger partial charge in [0.25, 0.3) is 0 Å². The number of aliphatic hydroxyl groups excluding tert-OH is 2. The van der Waals surface area contributed by atoms with Gasteiger partial charge in [-0.3, -0.25) is 0 Å². The number of fused-ring (bicyclic) bond motifs is 1. The first-order valence-corrected chi connectivity index (χ1v) is 6.00. The molecule has 0 aromatic rings. The number of hydrogen-bond acceptors (Lipinski definition) is 2. The van der Waals surface area contributed by atoms with E-state index in [-0.39, 0.29) is 16.7 Å². The van der Waals surface area contributed by atoms with Crippen molar-refractivity contribution in [1.29, 1.82) is 0 Å². The summed E-state index contributed by atoms with van der Waals surface area (Å²) in [4.78, 5) is -0.102. The molecule has 4 rings (SSSR count). The summed E-state index contributed by atoms with van der Waals surface area (Å²) >= 11 is 6.54. The van der Waals surface area contributed by atoms with Crippen LogP contribution in [0.15, 0.2) is 0 Å². The first-order valence-electron chi connectivity index (χ1n) is 5.62. The summed E-state index contributed by atoms with van der Waals surface area (Å²) in [6, 6.07) is 0. The monoisotopic (exact) mass is 216 g/mol. The van der Waals surface area contributed by atoms with Crippen LogP contribution < -0.4 is 0 Å². The molecule has 0 saturated heterocycles. The van der Waals surface area contributed by atoms with Crippen LogP contribution in [-0.4, -0.2) is 27.3 Å². The van der Waals surface area contributed by atoms with Crippen molar-refractivity contribution in [2.24, 2.45) is 17.8 Å². The normalized spacial score (nSPS) is 61.5. The summed E-state index contributed by atoms with van der Waals surface area (Å²) in [7, 11) is 0. The molecule has 0 aromatic heterocycles. The summed E-state index contributed by atoms with van der Waals surface area (Å²) in [5.41, 5.74) is 0. The smallest absolute Gasteiger partial charge is 0.0830 e. The van der Waals surface area contributed by atoms with Crippen LogP contribution >= 0.6 is 11.6 Å². The minimum atomic E-state index is -0.522. The van der Waals surface area contributed by atoms with Crippen molar-refractivity contribution in [2.75, 3.05) is 0 Å². The Morgan fingerprint density at radius 1 is 0.929 bits per heavy atom. The maximum Gasteiger partial charge on any atom is 0.0830 e. The fraction of sp³-hybridized carbons (Fsp3) is 1.00. The molecule has 0 amide bonds. The minimum absolute atomic E-state index is 0.102. The Kier molecular flexibility index (Phi) is 1.93. The largest absolute Gasteiger partial charge is 0.390 e. The zero-order chi connectivity index (χ0) is 9.92. The third-order valence-electron chi connectivity index (χ3n) is 4.50. The average molecular weight is 217 g/mol. The van der Waals surface area contributed by atoms with Gasteiger partial charge in [0.2, 0.25) is 0 Å². The molecular weight excluding hydrogens is 200 g/mol. The van der Waals surface area contributed by atoms with Crippen LogP contribution in [0, 0.1) is 17.8 Å². The summed E-state index contributed by atoms with van der Waals surface area (Å²) in [6.45, 7) is 0. The Bertz CT molecular complexity index is 236. The molecule has 4 aliphatic rings. The molecule has 4 atom stereocenters. The van der Waals surface area contributed by atoms with E-state index in [0.29, 0.717) is 5.92 Å². The van der Waals surface area contributed by atoms with E-state index in [2.05, 4.69) is 0 Å². The Hall–Kier alpha value is 0.210. The van der Waals surface area contributed by atoms with E-state index in [1.807, 2.05) is 0 Å². The van der Waals surface area contributed by atoms with E-state index < -0.39 is 12.2 Å². The second-order valence-electron chi connectivity index (χ2n) is 5.60. The number of aliphatic hydroxyl groups is 2. The Morgan fingerprint density at radius 3 is 1.86 bits per heavy atom. The molecule has 4 fully saturated rings. The molecular formula is C11H17ClO2. The molecule has 0 radical (unpaired) electrons. The number of hydrogen-bond donors (Lipinski definition) is 2. The summed E-state index contributed by atoms with van der Waals surface area (Å²) in [6.07, 6.45) is 4.00. The molecule has 14 heavy (non-hydrogen) atoms. The molecule has 0 aromatic carbocycles. The zero-order valence-corrected chi connectivity index (χ0v) is 8.95. The lowest BCUT2D eigenvalue weighted by Crippen LogP contribution is -2.39. The highest BCUT2D eigenvalue weighted by Gasteiger charge is 2.53. The van der Waals surface area contributed by atoms with Crippen LogP contribution in [0.2, 0.25) is 0 Å². The van der Waals surface area contributed by atoms with Gasteiger partial charge in [0.1, 0.15) is 0 Å². The van der Waals surface area contributed by atoms with Crippen molar-refractivity contribution >= 4 is 11.6 Å². The average Bonchev–Trinajstić information content (AvgIpc) is 2.21. The SMILES string of the molecule is OC1C2CC3CC(CC(Cl)(C3)C2)C1O. The number of halogens is 1. The quantitative estimate of drug-likeness (QED) is 0.603. The lowest BCUT2D eigenvalue weighted by Gasteiger charge is -2.44. The van der Waals surface area contributed by atoms with Crippen molar-refractivity contribution in [2.45, 2.75) is 49.2 Å². The number of alkyl halides is 1. The molecule has 0 spiro atoms. The van der Waals surface area contributed by atoms with Gasteiger partial charge in [-0.05, 0) is 49.9 Å². The van der Waals surface area contributed by atoms with Crippen molar-refractivity contribution in [3.63, 3.8) is 0 Å². The lowest BCUT2D eigenvalue weighted by molar-refractivity contribution is -0.0320. The fourth-order valence-electron chi connectivity index (χ4n) is 4.07. The van der Waals surface area contributed by atoms with Gasteiger partial charge < -0.3 is 10.2 Å². The Labute approximate surface area is 89.3 Å². The van der Waals surface area contributed by atoms with Crippen LogP contribution in [0.1, 0.15) is 32.1 Å². The third kappa shape index (κ3) is 1.24. The third-order valence-corrected chi connectivity index (χ3v) is 4.96. The van der Waals surface area contributed by atoms with E-state index in [1.165, 1.54) is 0 Å². The molecule has 3 heteroatoms. The lowest BCUT2D eigenvalue weighted by atomic mass is 9.67. The molecule has 0 heterocycles. The highest BCUT2D eigenvalue weighted by Crippen LogP contribution is 2.55. The van der Waals surface area contributed by atoms with E-state index in [9.17, 15) is 10.2 Å². The Balaban J connectivity index is 1.99. The van der Waals surface area contributed by atoms with E-state index in [1.54, 1.807) is 0 Å². The first-order chi connectivity index (χ1) is 6.57. The zero-order valence-electron chi connectivity index (χ0n) is 8.19. The summed E-state index contributed by atoms with van der Waals surface area (Å²) < 4.78 is 0. The summed E-state index contributed by atoms with van der Waals surface area (Å²) in [5, 5.41) is 19.9. The second-order valence-corrected chi connectivity index (χ2v) is 6.40. The first kappa shape index (κ1) is 9.44. The highest BCUT2D eigenvalue weighted by atomic mass is 35.5. The molecule has 2 N–H and O–H groups in total. The van der Waals surface area contributed by atoms with Crippen LogP contribution in [0.4, 0.5) is 0 Å². The predicted molar refractivity (Wildman–Crippen MR) is 54.2 cm³/mol. The molecule has 4 bridgehead atoms. The topological polar surface area (TPSA) is 40.5 Å². The van der Waals surface area contributed by atoms with Crippen LogP contribution in [0.25, 0.3) is 0 Å². The molecule has 4 saturated carbocycles. The van der Waals surface area contributed by atoms with Crippen LogP contribution in [0.5, 0.6) is 0 Å². The maximum absolute atomic E-state index is 9.97. The predicted octanol–water partition coefficient (Wildman–Crippen LogP) is 1.53. The van der Waals surface area contributed by atoms with E-state index in [4.69, 9.17) is 11.6 Å². The molecule has 4 unspecified atom stereocenters. The van der Waals surface area contributed by atoms with Gasteiger partial charge in [0.05, 0.1) is 12.2 Å². The van der Waals surface area contributed by atoms with Crippen molar-refractivity contribution in [3.05, 3.63) is 0 Å². The standard InChI is InChI=1S/C11H17ClO2/c12-11-3-6-1-7(4-11)9(13)10(14)8(2-6)5-11/h6-10,13-14H,1-5H2. The maximum atomic E-state index is 9.97. The summed E-state index contributed by atoms with van der Waals surface area (Å²) in [5.74, 6) is 1.14. The van der Waals surface area contributed by atoms with Crippen molar-refractivity contribution in [1.82, 2.24) is 0 Å². The molecule has 80 valence electrons. The van der Waals surface area contributed by atoms with Gasteiger partial charge >= 0.3 is 0 Å². The van der Waals surface area contributed by atoms with Gasteiger partial charge in [-0.15, -0.1) is 11.6 Å². The van der Waals surface area contributed by atoms with Crippen LogP contribution in [-0.2, 0) is 0 Å². The molecule has 2 nitrogen and oxygen atoms in total. The Morgan fingerprint density at radius 2 is 1.43 bits per heavy atom. The van der Waals surface area contributed by atoms with Gasteiger partial charge in [-0.1, -0.05) is 0 Å². The molecule has 0 aliphatic heterocycles. The minimum Gasteiger partial charge on any atom is -0.390 e. The van der Waals surface area contributed by atoms with E-state index >= 15 is 0 Å². The van der Waals surface area contributed by atoms with E-state index in [0.717, 1.165) is 32.1 Å². The highest BCUT2D eigenvalue weighted by molar-refractivity contribution is 6.24. The van der Waals surface area contributed by atoms with Gasteiger partial charge in [0.15, 0.2) is 0 Å². The van der Waals surface area contributed by atoms with Crippen LogP contribution in [0.3, 0.4) is 0 Å². The van der Waals surface area contributed by atoms with Crippen molar-refractivity contribution < 1.29 is 10.2 Å².